The summed E-state index contributed by atoms with van der Waals surface area (Å²) in [5, 5.41) is 9.07. The second-order valence-electron chi connectivity index (χ2n) is 7.08. The first kappa shape index (κ1) is 21.4. The Morgan fingerprint density at radius 2 is 1.81 bits per heavy atom. The Labute approximate surface area is 160 Å². The Kier molecular flexibility index (Phi) is 7.38. The second kappa shape index (κ2) is 9.32. The van der Waals surface area contributed by atoms with Gasteiger partial charge >= 0.3 is 5.97 Å². The molecule has 0 spiro atoms. The molecular weight excluding hydrogens is 368 g/mol. The summed E-state index contributed by atoms with van der Waals surface area (Å²) in [6, 6.07) is 5.90. The van der Waals surface area contributed by atoms with Crippen LogP contribution in [0.5, 0.6) is 0 Å². The molecule has 27 heavy (non-hydrogen) atoms. The van der Waals surface area contributed by atoms with Gasteiger partial charge in [0.05, 0.1) is 16.4 Å². The number of unbranched alkanes of at least 4 members (excludes halogenated alkanes) is 1. The summed E-state index contributed by atoms with van der Waals surface area (Å²) in [4.78, 5) is 25.3. The molecule has 0 saturated heterocycles. The van der Waals surface area contributed by atoms with E-state index in [-0.39, 0.29) is 22.4 Å². The molecule has 0 aromatic heterocycles. The fourth-order valence-corrected chi connectivity index (χ4v) is 4.83. The molecular formula is C19H28N2O5S. The van der Waals surface area contributed by atoms with Crippen molar-refractivity contribution in [2.24, 2.45) is 5.92 Å². The zero-order valence-corrected chi connectivity index (χ0v) is 16.7. The van der Waals surface area contributed by atoms with Gasteiger partial charge in [0.1, 0.15) is 0 Å². The van der Waals surface area contributed by atoms with Gasteiger partial charge in [0, 0.05) is 19.6 Å². The lowest BCUT2D eigenvalue weighted by molar-refractivity contribution is -0.142. The minimum atomic E-state index is -3.87. The average molecular weight is 397 g/mol. The summed E-state index contributed by atoms with van der Waals surface area (Å²) < 4.78 is 28.4. The zero-order valence-electron chi connectivity index (χ0n) is 15.8. The Morgan fingerprint density at radius 3 is 2.41 bits per heavy atom. The first-order chi connectivity index (χ1) is 12.8. The maximum atomic E-state index is 12.9. The van der Waals surface area contributed by atoms with Crippen LogP contribution in [0.15, 0.2) is 29.2 Å². The lowest BCUT2D eigenvalue weighted by Gasteiger charge is -2.27. The number of sulfonamides is 1. The number of nitrogens with one attached hydrogen (secondary N) is 1. The normalized spacial score (nSPS) is 20.2. The summed E-state index contributed by atoms with van der Waals surface area (Å²) in [6.45, 7) is 2.59. The molecule has 0 aliphatic heterocycles. The number of amides is 1. The van der Waals surface area contributed by atoms with Crippen LogP contribution < -0.4 is 4.72 Å². The third-order valence-electron chi connectivity index (χ3n) is 5.00. The predicted octanol–water partition coefficient (Wildman–Crippen LogP) is 2.48. The second-order valence-corrected chi connectivity index (χ2v) is 8.77. The number of carboxylic acid groups (broad SMARTS) is 1. The topological polar surface area (TPSA) is 104 Å². The third kappa shape index (κ3) is 5.52. The highest BCUT2D eigenvalue weighted by molar-refractivity contribution is 7.89. The molecule has 1 aliphatic rings. The molecule has 0 radical (unpaired) electrons. The van der Waals surface area contributed by atoms with Crippen molar-refractivity contribution in [3.8, 4) is 0 Å². The van der Waals surface area contributed by atoms with Crippen LogP contribution in [0.4, 0.5) is 0 Å². The molecule has 1 fully saturated rings. The molecule has 2 N–H and O–H groups in total. The lowest BCUT2D eigenvalue weighted by Crippen LogP contribution is -2.39. The van der Waals surface area contributed by atoms with Gasteiger partial charge in [0.2, 0.25) is 10.0 Å². The van der Waals surface area contributed by atoms with Gasteiger partial charge < -0.3 is 10.0 Å². The van der Waals surface area contributed by atoms with E-state index in [1.54, 1.807) is 19.2 Å². The first-order valence-corrected chi connectivity index (χ1v) is 10.8. The van der Waals surface area contributed by atoms with Crippen LogP contribution in [0, 0.1) is 5.92 Å². The van der Waals surface area contributed by atoms with Crippen LogP contribution in [0.3, 0.4) is 0 Å². The number of hydrogen-bond donors (Lipinski definition) is 2. The number of benzene rings is 1. The van der Waals surface area contributed by atoms with Gasteiger partial charge in [-0.25, -0.2) is 13.1 Å². The van der Waals surface area contributed by atoms with Crippen molar-refractivity contribution >= 4 is 21.9 Å². The number of rotatable bonds is 8. The van der Waals surface area contributed by atoms with E-state index in [4.69, 9.17) is 5.11 Å². The predicted molar refractivity (Wildman–Crippen MR) is 102 cm³/mol. The summed E-state index contributed by atoms with van der Waals surface area (Å²) >= 11 is 0. The van der Waals surface area contributed by atoms with Gasteiger partial charge in [-0.2, -0.15) is 0 Å². The summed E-state index contributed by atoms with van der Waals surface area (Å²) in [7, 11) is -2.20. The summed E-state index contributed by atoms with van der Waals surface area (Å²) in [5.74, 6) is -1.56. The fraction of sp³-hybridized carbons (Fsp3) is 0.579. The molecule has 7 nitrogen and oxygen atoms in total. The number of carboxylic acids is 1. The molecule has 1 saturated carbocycles. The van der Waals surface area contributed by atoms with Gasteiger partial charge in [-0.05, 0) is 44.2 Å². The monoisotopic (exact) mass is 396 g/mol. The first-order valence-electron chi connectivity index (χ1n) is 9.36. The van der Waals surface area contributed by atoms with Gasteiger partial charge in [-0.1, -0.05) is 25.5 Å². The Balaban J connectivity index is 2.15. The van der Waals surface area contributed by atoms with Gasteiger partial charge in [0.25, 0.3) is 5.91 Å². The number of nitrogens with zero attached hydrogens (tertiary/aromatic N) is 1. The van der Waals surface area contributed by atoms with Gasteiger partial charge in [0.15, 0.2) is 0 Å². The Morgan fingerprint density at radius 1 is 1.19 bits per heavy atom. The summed E-state index contributed by atoms with van der Waals surface area (Å²) in [5.41, 5.74) is 0.155. The third-order valence-corrected chi connectivity index (χ3v) is 6.58. The number of carbonyl (C=O) groups is 2. The van der Waals surface area contributed by atoms with E-state index >= 15 is 0 Å². The minimum Gasteiger partial charge on any atom is -0.481 e. The maximum absolute atomic E-state index is 12.9. The van der Waals surface area contributed by atoms with Crippen molar-refractivity contribution in [1.82, 2.24) is 9.62 Å². The van der Waals surface area contributed by atoms with E-state index in [9.17, 15) is 18.0 Å². The molecule has 0 unspecified atom stereocenters. The fourth-order valence-electron chi connectivity index (χ4n) is 3.32. The van der Waals surface area contributed by atoms with Gasteiger partial charge in [-0.3, -0.25) is 9.59 Å². The zero-order chi connectivity index (χ0) is 20.0. The highest BCUT2D eigenvalue weighted by Crippen LogP contribution is 2.26. The number of hydrogen-bond acceptors (Lipinski definition) is 4. The number of aliphatic carboxylic acids is 1. The van der Waals surface area contributed by atoms with Crippen LogP contribution in [-0.2, 0) is 14.8 Å². The van der Waals surface area contributed by atoms with Crippen molar-refractivity contribution in [3.63, 3.8) is 0 Å². The van der Waals surface area contributed by atoms with Crippen molar-refractivity contribution in [1.29, 1.82) is 0 Å². The summed E-state index contributed by atoms with van der Waals surface area (Å²) in [6.07, 6.45) is 3.64. The number of carbonyl (C=O) groups excluding carboxylic acids is 1. The van der Waals surface area contributed by atoms with Crippen LogP contribution in [-0.4, -0.2) is 49.9 Å². The Hall–Kier alpha value is -1.93. The van der Waals surface area contributed by atoms with Crippen molar-refractivity contribution < 1.29 is 23.1 Å². The van der Waals surface area contributed by atoms with Crippen molar-refractivity contribution in [3.05, 3.63) is 29.8 Å². The Bertz CT molecular complexity index is 770. The van der Waals surface area contributed by atoms with Crippen LogP contribution in [0.1, 0.15) is 55.8 Å². The minimum absolute atomic E-state index is 0.0290. The largest absolute Gasteiger partial charge is 0.481 e. The molecule has 1 amide bonds. The van der Waals surface area contributed by atoms with Crippen LogP contribution in [0.25, 0.3) is 0 Å². The molecule has 1 aliphatic carbocycles. The van der Waals surface area contributed by atoms with E-state index in [2.05, 4.69) is 4.72 Å². The molecule has 1 aromatic rings. The molecule has 2 rings (SSSR count). The van der Waals surface area contributed by atoms with Crippen LogP contribution in [0.2, 0.25) is 0 Å². The highest BCUT2D eigenvalue weighted by Gasteiger charge is 2.30. The molecule has 0 heterocycles. The van der Waals surface area contributed by atoms with E-state index < -0.39 is 21.9 Å². The maximum Gasteiger partial charge on any atom is 0.306 e. The van der Waals surface area contributed by atoms with E-state index in [1.165, 1.54) is 17.0 Å². The smallest absolute Gasteiger partial charge is 0.306 e. The standard InChI is InChI=1S/C19H28N2O5S/c1-3-4-13-21(2)18(22)16-7-5-6-8-17(16)27(25,26)20-15-11-9-14(10-12-15)19(23)24/h5-8,14-15,20H,3-4,9-13H2,1-2H3,(H,23,24). The van der Waals surface area contributed by atoms with Crippen LogP contribution >= 0.6 is 0 Å². The molecule has 1 aromatic carbocycles. The quantitative estimate of drug-likeness (QED) is 0.702. The van der Waals surface area contributed by atoms with E-state index in [0.29, 0.717) is 32.2 Å². The molecule has 8 heteroatoms. The molecule has 0 bridgehead atoms. The molecule has 0 atom stereocenters. The highest BCUT2D eigenvalue weighted by atomic mass is 32.2. The van der Waals surface area contributed by atoms with Crippen molar-refractivity contribution in [2.45, 2.75) is 56.4 Å². The van der Waals surface area contributed by atoms with E-state index in [1.807, 2.05) is 6.92 Å². The van der Waals surface area contributed by atoms with Gasteiger partial charge in [-0.15, -0.1) is 0 Å². The average Bonchev–Trinajstić information content (AvgIpc) is 2.65. The SMILES string of the molecule is CCCCN(C)C(=O)c1ccccc1S(=O)(=O)NC1CCC(C(=O)O)CC1. The molecule has 150 valence electrons. The lowest BCUT2D eigenvalue weighted by atomic mass is 9.87. The van der Waals surface area contributed by atoms with E-state index in [0.717, 1.165) is 12.8 Å². The van der Waals surface area contributed by atoms with Crippen molar-refractivity contribution in [2.75, 3.05) is 13.6 Å².